The van der Waals surface area contributed by atoms with Gasteiger partial charge in [0.25, 0.3) is 0 Å². The normalized spacial score (nSPS) is 17.1. The molecule has 1 saturated carbocycles. The summed E-state index contributed by atoms with van der Waals surface area (Å²) in [5.41, 5.74) is 15.6. The first-order valence-corrected chi connectivity index (χ1v) is 15.1. The van der Waals surface area contributed by atoms with Gasteiger partial charge in [0.15, 0.2) is 5.65 Å². The third-order valence-electron chi connectivity index (χ3n) is 9.40. The molecule has 2 aromatic carbocycles. The number of hydrogen-bond acceptors (Lipinski definition) is 6. The number of aryl methyl sites for hydroxylation is 1. The molecular weight excluding hydrogens is 518 g/mol. The Bertz CT molecular complexity index is 1720. The lowest BCUT2D eigenvalue weighted by Gasteiger charge is -2.38. The lowest BCUT2D eigenvalue weighted by molar-refractivity contribution is 0.249. The van der Waals surface area contributed by atoms with Crippen molar-refractivity contribution in [3.8, 4) is 28.3 Å². The molecule has 1 saturated heterocycles. The SMILES string of the molecule is Cc1ncccc1-c1nc2ccc(-c3cccc(N4CCC(N(C)C)CC4)c3)nc2n1-c1ccc(C2(N)CCC2)cc1. The van der Waals surface area contributed by atoms with E-state index in [2.05, 4.69) is 100 Å². The average molecular weight is 558 g/mol. The van der Waals surface area contributed by atoms with Gasteiger partial charge >= 0.3 is 0 Å². The van der Waals surface area contributed by atoms with Crippen molar-refractivity contribution in [2.24, 2.45) is 5.73 Å². The van der Waals surface area contributed by atoms with Crippen molar-refractivity contribution in [3.63, 3.8) is 0 Å². The Morgan fingerprint density at radius 1 is 0.881 bits per heavy atom. The molecule has 7 nitrogen and oxygen atoms in total. The fourth-order valence-electron chi connectivity index (χ4n) is 6.56. The second kappa shape index (κ2) is 10.6. The maximum Gasteiger partial charge on any atom is 0.165 e. The Balaban J connectivity index is 1.30. The number of benzene rings is 2. The second-order valence-corrected chi connectivity index (χ2v) is 12.2. The first-order valence-electron chi connectivity index (χ1n) is 15.1. The van der Waals surface area contributed by atoms with E-state index in [1.807, 2.05) is 19.2 Å². The van der Waals surface area contributed by atoms with E-state index in [1.54, 1.807) is 0 Å². The van der Waals surface area contributed by atoms with Crippen LogP contribution in [0.5, 0.6) is 0 Å². The van der Waals surface area contributed by atoms with Gasteiger partial charge in [0.2, 0.25) is 0 Å². The number of imidazole rings is 1. The van der Waals surface area contributed by atoms with Gasteiger partial charge < -0.3 is 15.5 Å². The van der Waals surface area contributed by atoms with Crippen LogP contribution in [0, 0.1) is 6.92 Å². The summed E-state index contributed by atoms with van der Waals surface area (Å²) in [6, 6.07) is 26.4. The second-order valence-electron chi connectivity index (χ2n) is 12.2. The Morgan fingerprint density at radius 3 is 2.36 bits per heavy atom. The summed E-state index contributed by atoms with van der Waals surface area (Å²) in [4.78, 5) is 19.8. The van der Waals surface area contributed by atoms with E-state index in [1.165, 1.54) is 30.5 Å². The van der Waals surface area contributed by atoms with Gasteiger partial charge in [0.05, 0.1) is 5.69 Å². The smallest absolute Gasteiger partial charge is 0.165 e. The molecule has 7 rings (SSSR count). The van der Waals surface area contributed by atoms with E-state index in [9.17, 15) is 0 Å². The van der Waals surface area contributed by atoms with Crippen LogP contribution < -0.4 is 10.6 Å². The first-order chi connectivity index (χ1) is 20.4. The van der Waals surface area contributed by atoms with E-state index in [4.69, 9.17) is 15.7 Å². The number of fused-ring (bicyclic) bond motifs is 1. The average Bonchev–Trinajstić information content (AvgIpc) is 3.39. The summed E-state index contributed by atoms with van der Waals surface area (Å²) < 4.78 is 2.17. The maximum atomic E-state index is 6.65. The third kappa shape index (κ3) is 4.76. The molecule has 3 aromatic heterocycles. The summed E-state index contributed by atoms with van der Waals surface area (Å²) in [6.07, 6.45) is 7.46. The topological polar surface area (TPSA) is 76.1 Å². The molecule has 0 bridgehead atoms. The number of anilines is 1. The standard InChI is InChI=1S/C35H39N7/c1-24-30(9-5-20-37-24)33-39-32-15-14-31(25-7-4-8-29(23-25)41-21-16-27(17-22-41)40(2)3)38-34(32)42(33)28-12-10-26(11-13-28)35(36)18-6-19-35/h4-5,7-15,20,23,27H,6,16-19,21-22,36H2,1-3H3. The van der Waals surface area contributed by atoms with Crippen molar-refractivity contribution in [1.29, 1.82) is 0 Å². The van der Waals surface area contributed by atoms with Gasteiger partial charge in [-0.3, -0.25) is 9.55 Å². The molecule has 7 heteroatoms. The van der Waals surface area contributed by atoms with Gasteiger partial charge in [-0.1, -0.05) is 24.3 Å². The van der Waals surface area contributed by atoms with Crippen molar-refractivity contribution >= 4 is 16.9 Å². The number of pyridine rings is 2. The summed E-state index contributed by atoms with van der Waals surface area (Å²) >= 11 is 0. The molecule has 42 heavy (non-hydrogen) atoms. The monoisotopic (exact) mass is 557 g/mol. The number of hydrogen-bond donors (Lipinski definition) is 1. The summed E-state index contributed by atoms with van der Waals surface area (Å²) in [6.45, 7) is 4.17. The molecule has 2 N–H and O–H groups in total. The zero-order valence-corrected chi connectivity index (χ0v) is 24.8. The largest absolute Gasteiger partial charge is 0.371 e. The number of nitrogens with zero attached hydrogens (tertiary/aromatic N) is 6. The Morgan fingerprint density at radius 2 is 1.67 bits per heavy atom. The van der Waals surface area contributed by atoms with Gasteiger partial charge in [0, 0.05) is 59.1 Å². The number of aromatic nitrogens is 4. The summed E-state index contributed by atoms with van der Waals surface area (Å²) in [5.74, 6) is 0.844. The van der Waals surface area contributed by atoms with Gasteiger partial charge in [-0.05, 0) is 107 Å². The minimum Gasteiger partial charge on any atom is -0.371 e. The molecule has 5 aromatic rings. The molecule has 0 unspecified atom stereocenters. The van der Waals surface area contributed by atoms with Crippen LogP contribution >= 0.6 is 0 Å². The van der Waals surface area contributed by atoms with E-state index in [-0.39, 0.29) is 5.54 Å². The minimum absolute atomic E-state index is 0.198. The minimum atomic E-state index is -0.198. The molecule has 0 radical (unpaired) electrons. The third-order valence-corrected chi connectivity index (χ3v) is 9.40. The van der Waals surface area contributed by atoms with E-state index >= 15 is 0 Å². The van der Waals surface area contributed by atoms with Gasteiger partial charge in [-0.25, -0.2) is 9.97 Å². The molecule has 0 amide bonds. The van der Waals surface area contributed by atoms with Crippen molar-refractivity contribution in [2.75, 3.05) is 32.1 Å². The Labute approximate surface area is 248 Å². The Kier molecular flexibility index (Phi) is 6.79. The van der Waals surface area contributed by atoms with Crippen LogP contribution in [-0.2, 0) is 5.54 Å². The van der Waals surface area contributed by atoms with Crippen molar-refractivity contribution in [3.05, 3.63) is 90.3 Å². The molecule has 1 aliphatic carbocycles. The lowest BCUT2D eigenvalue weighted by atomic mass is 9.73. The quantitative estimate of drug-likeness (QED) is 0.263. The highest BCUT2D eigenvalue weighted by Gasteiger charge is 2.34. The molecule has 2 aliphatic rings. The van der Waals surface area contributed by atoms with E-state index < -0.39 is 0 Å². The maximum absolute atomic E-state index is 6.65. The zero-order valence-electron chi connectivity index (χ0n) is 24.8. The van der Waals surface area contributed by atoms with Gasteiger partial charge in [-0.15, -0.1) is 0 Å². The number of rotatable bonds is 6. The van der Waals surface area contributed by atoms with E-state index in [0.29, 0.717) is 6.04 Å². The first kappa shape index (κ1) is 26.8. The summed E-state index contributed by atoms with van der Waals surface area (Å²) in [5, 5.41) is 0. The molecular formula is C35H39N7. The molecule has 1 aliphatic heterocycles. The van der Waals surface area contributed by atoms with Crippen LogP contribution in [0.1, 0.15) is 43.4 Å². The molecule has 4 heterocycles. The predicted molar refractivity (Wildman–Crippen MR) is 171 cm³/mol. The van der Waals surface area contributed by atoms with Gasteiger partial charge in [-0.2, -0.15) is 0 Å². The number of piperidine rings is 1. The van der Waals surface area contributed by atoms with Crippen molar-refractivity contribution < 1.29 is 0 Å². The molecule has 0 spiro atoms. The van der Waals surface area contributed by atoms with Crippen LogP contribution in [0.15, 0.2) is 79.0 Å². The van der Waals surface area contributed by atoms with Crippen molar-refractivity contribution in [1.82, 2.24) is 24.4 Å². The number of nitrogens with two attached hydrogens (primary N) is 1. The highest BCUT2D eigenvalue weighted by Crippen LogP contribution is 2.39. The van der Waals surface area contributed by atoms with Crippen LogP contribution in [0.3, 0.4) is 0 Å². The summed E-state index contributed by atoms with van der Waals surface area (Å²) in [7, 11) is 4.37. The van der Waals surface area contributed by atoms with E-state index in [0.717, 1.165) is 71.1 Å². The fraction of sp³-hybridized carbons (Fsp3) is 0.343. The molecule has 2 fully saturated rings. The molecule has 214 valence electrons. The van der Waals surface area contributed by atoms with Gasteiger partial charge in [0.1, 0.15) is 11.3 Å². The lowest BCUT2D eigenvalue weighted by Crippen LogP contribution is -2.43. The van der Waals surface area contributed by atoms with Crippen LogP contribution in [0.25, 0.3) is 39.5 Å². The van der Waals surface area contributed by atoms with Crippen molar-refractivity contribution in [2.45, 2.75) is 50.6 Å². The zero-order chi connectivity index (χ0) is 28.8. The fourth-order valence-corrected chi connectivity index (χ4v) is 6.56. The highest BCUT2D eigenvalue weighted by atomic mass is 15.2. The predicted octanol–water partition coefficient (Wildman–Crippen LogP) is 6.33. The van der Waals surface area contributed by atoms with Crippen LogP contribution in [0.4, 0.5) is 5.69 Å². The molecule has 0 atom stereocenters. The van der Waals surface area contributed by atoms with Crippen LogP contribution in [0.2, 0.25) is 0 Å². The van der Waals surface area contributed by atoms with Crippen LogP contribution in [-0.4, -0.2) is 57.6 Å². The Hall–Kier alpha value is -4.07. The highest BCUT2D eigenvalue weighted by molar-refractivity contribution is 5.83.